The van der Waals surface area contributed by atoms with Gasteiger partial charge in [-0.3, -0.25) is 4.79 Å². The van der Waals surface area contributed by atoms with Crippen molar-refractivity contribution >= 4 is 5.91 Å². The van der Waals surface area contributed by atoms with Crippen LogP contribution in [0.15, 0.2) is 0 Å². The van der Waals surface area contributed by atoms with E-state index in [0.717, 1.165) is 12.8 Å². The molecule has 0 aromatic carbocycles. The van der Waals surface area contributed by atoms with Gasteiger partial charge in [-0.2, -0.15) is 0 Å². The molecule has 0 aromatic heterocycles. The molecule has 3 N–H and O–H groups in total. The van der Waals surface area contributed by atoms with Crippen molar-refractivity contribution < 1.29 is 4.79 Å². The van der Waals surface area contributed by atoms with Crippen LogP contribution >= 0.6 is 0 Å². The summed E-state index contributed by atoms with van der Waals surface area (Å²) in [6, 6.07) is 0.342. The second-order valence-electron chi connectivity index (χ2n) is 5.03. The number of nitrogens with two attached hydrogens (primary N) is 1. The molecule has 0 aromatic rings. The molecule has 0 aliphatic heterocycles. The summed E-state index contributed by atoms with van der Waals surface area (Å²) in [4.78, 5) is 11.6. The van der Waals surface area contributed by atoms with E-state index in [2.05, 4.69) is 19.2 Å². The molecule has 0 heterocycles. The molecule has 3 heteroatoms. The molecule has 1 aliphatic carbocycles. The van der Waals surface area contributed by atoms with E-state index >= 15 is 0 Å². The van der Waals surface area contributed by atoms with Crippen LogP contribution in [0.5, 0.6) is 0 Å². The van der Waals surface area contributed by atoms with Crippen molar-refractivity contribution in [1.29, 1.82) is 0 Å². The van der Waals surface area contributed by atoms with Crippen LogP contribution in [0.3, 0.4) is 0 Å². The maximum atomic E-state index is 11.6. The molecule has 1 fully saturated rings. The van der Waals surface area contributed by atoms with Crippen molar-refractivity contribution in [3.05, 3.63) is 0 Å². The summed E-state index contributed by atoms with van der Waals surface area (Å²) in [5, 5.41) is 3.12. The molecule has 0 saturated heterocycles. The second kappa shape index (κ2) is 6.11. The van der Waals surface area contributed by atoms with Gasteiger partial charge in [-0.05, 0) is 37.6 Å². The van der Waals surface area contributed by atoms with E-state index in [1.807, 2.05) is 0 Å². The largest absolute Gasteiger partial charge is 0.353 e. The first kappa shape index (κ1) is 12.5. The Morgan fingerprint density at radius 1 is 1.47 bits per heavy atom. The number of hydrogen-bond donors (Lipinski definition) is 2. The molecule has 3 nitrogen and oxygen atoms in total. The van der Waals surface area contributed by atoms with Gasteiger partial charge in [0.2, 0.25) is 5.91 Å². The number of hydrogen-bond acceptors (Lipinski definition) is 2. The normalized spacial score (nSPS) is 25.9. The van der Waals surface area contributed by atoms with Crippen LogP contribution in [0, 0.1) is 11.8 Å². The molecule has 88 valence electrons. The number of carbonyl (C=O) groups excluding carboxylic acids is 1. The van der Waals surface area contributed by atoms with E-state index in [1.165, 1.54) is 12.8 Å². The molecule has 1 saturated carbocycles. The topological polar surface area (TPSA) is 55.1 Å². The Balaban J connectivity index is 2.24. The highest BCUT2D eigenvalue weighted by Crippen LogP contribution is 2.24. The van der Waals surface area contributed by atoms with Gasteiger partial charge in [0.25, 0.3) is 0 Å². The molecule has 0 radical (unpaired) electrons. The standard InChI is InChI=1S/C12H24N2O/c1-9(2)6-7-12(15)14-11-5-3-4-10(11)8-13/h9-11H,3-8,13H2,1-2H3,(H,14,15). The summed E-state index contributed by atoms with van der Waals surface area (Å²) in [7, 11) is 0. The molecular weight excluding hydrogens is 188 g/mol. The van der Waals surface area contributed by atoms with E-state index in [9.17, 15) is 4.79 Å². The minimum absolute atomic E-state index is 0.203. The Hall–Kier alpha value is -0.570. The zero-order valence-electron chi connectivity index (χ0n) is 9.96. The SMILES string of the molecule is CC(C)CCC(=O)NC1CCCC1CN. The number of amides is 1. The van der Waals surface area contributed by atoms with Crippen molar-refractivity contribution in [1.82, 2.24) is 5.32 Å². The zero-order chi connectivity index (χ0) is 11.3. The van der Waals surface area contributed by atoms with E-state index in [-0.39, 0.29) is 5.91 Å². The Morgan fingerprint density at radius 3 is 2.80 bits per heavy atom. The minimum atomic E-state index is 0.203. The maximum Gasteiger partial charge on any atom is 0.220 e. The quantitative estimate of drug-likeness (QED) is 0.728. The van der Waals surface area contributed by atoms with Crippen LogP contribution in [-0.4, -0.2) is 18.5 Å². The summed E-state index contributed by atoms with van der Waals surface area (Å²) >= 11 is 0. The lowest BCUT2D eigenvalue weighted by atomic mass is 10.0. The molecule has 2 atom stereocenters. The summed E-state index contributed by atoms with van der Waals surface area (Å²) < 4.78 is 0. The summed E-state index contributed by atoms with van der Waals surface area (Å²) in [6.45, 7) is 4.99. The summed E-state index contributed by atoms with van der Waals surface area (Å²) in [6.07, 6.45) is 5.12. The van der Waals surface area contributed by atoms with Gasteiger partial charge in [0, 0.05) is 12.5 Å². The van der Waals surface area contributed by atoms with E-state index < -0.39 is 0 Å². The Kier molecular flexibility index (Phi) is 5.09. The van der Waals surface area contributed by atoms with Gasteiger partial charge in [-0.1, -0.05) is 20.3 Å². The molecule has 1 amide bonds. The fraction of sp³-hybridized carbons (Fsp3) is 0.917. The van der Waals surface area contributed by atoms with Gasteiger partial charge in [-0.25, -0.2) is 0 Å². The molecule has 15 heavy (non-hydrogen) atoms. The molecule has 2 unspecified atom stereocenters. The Bertz CT molecular complexity index is 204. The first-order valence-electron chi connectivity index (χ1n) is 6.13. The number of carbonyl (C=O) groups is 1. The average Bonchev–Trinajstić information content (AvgIpc) is 2.62. The lowest BCUT2D eigenvalue weighted by Gasteiger charge is -2.19. The first-order chi connectivity index (χ1) is 7.13. The van der Waals surface area contributed by atoms with Crippen molar-refractivity contribution in [2.24, 2.45) is 17.6 Å². The zero-order valence-corrected chi connectivity index (χ0v) is 9.96. The van der Waals surface area contributed by atoms with Gasteiger partial charge < -0.3 is 11.1 Å². The monoisotopic (exact) mass is 212 g/mol. The highest BCUT2D eigenvalue weighted by atomic mass is 16.1. The second-order valence-corrected chi connectivity index (χ2v) is 5.03. The molecule has 0 spiro atoms. The van der Waals surface area contributed by atoms with E-state index in [4.69, 9.17) is 5.73 Å². The lowest BCUT2D eigenvalue weighted by Crippen LogP contribution is -2.39. The highest BCUT2D eigenvalue weighted by Gasteiger charge is 2.26. The van der Waals surface area contributed by atoms with Gasteiger partial charge in [0.05, 0.1) is 0 Å². The third kappa shape index (κ3) is 4.20. The summed E-state index contributed by atoms with van der Waals surface area (Å²) in [5.74, 6) is 1.31. The van der Waals surface area contributed by atoms with Gasteiger partial charge in [0.1, 0.15) is 0 Å². The predicted octanol–water partition coefficient (Wildman–Crippen LogP) is 1.67. The van der Waals surface area contributed by atoms with Crippen LogP contribution in [0.2, 0.25) is 0 Å². The van der Waals surface area contributed by atoms with E-state index in [1.54, 1.807) is 0 Å². The van der Waals surface area contributed by atoms with E-state index in [0.29, 0.717) is 30.8 Å². The van der Waals surface area contributed by atoms with Gasteiger partial charge in [-0.15, -0.1) is 0 Å². The fourth-order valence-corrected chi connectivity index (χ4v) is 2.21. The highest BCUT2D eigenvalue weighted by molar-refractivity contribution is 5.76. The molecule has 1 rings (SSSR count). The third-order valence-corrected chi connectivity index (χ3v) is 3.26. The van der Waals surface area contributed by atoms with Gasteiger partial charge >= 0.3 is 0 Å². The fourth-order valence-electron chi connectivity index (χ4n) is 2.21. The minimum Gasteiger partial charge on any atom is -0.353 e. The number of nitrogens with one attached hydrogen (secondary N) is 1. The first-order valence-corrected chi connectivity index (χ1v) is 6.13. The van der Waals surface area contributed by atoms with Crippen LogP contribution < -0.4 is 11.1 Å². The number of rotatable bonds is 5. The molecule has 0 bridgehead atoms. The van der Waals surface area contributed by atoms with Crippen LogP contribution in [0.4, 0.5) is 0 Å². The molecular formula is C12H24N2O. The van der Waals surface area contributed by atoms with Crippen molar-refractivity contribution in [2.75, 3.05) is 6.54 Å². The predicted molar refractivity (Wildman–Crippen MR) is 62.4 cm³/mol. The van der Waals surface area contributed by atoms with Crippen LogP contribution in [0.1, 0.15) is 46.0 Å². The van der Waals surface area contributed by atoms with Crippen LogP contribution in [-0.2, 0) is 4.79 Å². The lowest BCUT2D eigenvalue weighted by molar-refractivity contribution is -0.122. The maximum absolute atomic E-state index is 11.6. The third-order valence-electron chi connectivity index (χ3n) is 3.26. The molecule has 1 aliphatic rings. The Labute approximate surface area is 92.8 Å². The average molecular weight is 212 g/mol. The summed E-state index contributed by atoms with van der Waals surface area (Å²) in [5.41, 5.74) is 5.67. The van der Waals surface area contributed by atoms with Gasteiger partial charge in [0.15, 0.2) is 0 Å². The van der Waals surface area contributed by atoms with Crippen molar-refractivity contribution in [2.45, 2.75) is 52.0 Å². The smallest absolute Gasteiger partial charge is 0.220 e. The van der Waals surface area contributed by atoms with Crippen LogP contribution in [0.25, 0.3) is 0 Å². The Morgan fingerprint density at radius 2 is 2.20 bits per heavy atom. The van der Waals surface area contributed by atoms with Crippen molar-refractivity contribution in [3.63, 3.8) is 0 Å². The van der Waals surface area contributed by atoms with Crippen molar-refractivity contribution in [3.8, 4) is 0 Å².